The van der Waals surface area contributed by atoms with Gasteiger partial charge in [-0.1, -0.05) is 30.6 Å². The van der Waals surface area contributed by atoms with Crippen LogP contribution in [0.3, 0.4) is 0 Å². The van der Waals surface area contributed by atoms with Crippen molar-refractivity contribution < 1.29 is 9.26 Å². The van der Waals surface area contributed by atoms with Crippen LogP contribution in [0.4, 0.5) is 5.69 Å². The number of hydrogen-bond acceptors (Lipinski definition) is 6. The molecule has 1 atom stereocenters. The van der Waals surface area contributed by atoms with Crippen molar-refractivity contribution in [2.75, 3.05) is 38.2 Å². The van der Waals surface area contributed by atoms with Crippen molar-refractivity contribution in [2.45, 2.75) is 45.6 Å². The van der Waals surface area contributed by atoms with E-state index in [0.717, 1.165) is 49.3 Å². The molecule has 0 amide bonds. The summed E-state index contributed by atoms with van der Waals surface area (Å²) in [5.41, 5.74) is 1.02. The third kappa shape index (κ3) is 5.78. The molecule has 9 heteroatoms. The number of rotatable bonds is 8. The lowest BCUT2D eigenvalue weighted by Crippen LogP contribution is -2.44. The molecule has 1 aromatic carbocycles. The Bertz CT molecular complexity index is 854. The quantitative estimate of drug-likeness (QED) is 0.487. The molecule has 0 aliphatic carbocycles. The summed E-state index contributed by atoms with van der Waals surface area (Å²) in [6, 6.07) is 5.99. The lowest BCUT2D eigenvalue weighted by atomic mass is 10.2. The van der Waals surface area contributed by atoms with Crippen molar-refractivity contribution in [2.24, 2.45) is 4.99 Å². The van der Waals surface area contributed by atoms with E-state index >= 15 is 0 Å². The first-order chi connectivity index (χ1) is 14.5. The van der Waals surface area contributed by atoms with Crippen LogP contribution in [0.5, 0.6) is 5.75 Å². The molecule has 0 spiro atoms. The highest BCUT2D eigenvalue weighted by Gasteiger charge is 2.25. The second kappa shape index (κ2) is 10.5. The predicted molar refractivity (Wildman–Crippen MR) is 120 cm³/mol. The molecule has 1 saturated heterocycles. The summed E-state index contributed by atoms with van der Waals surface area (Å²) in [6.45, 7) is 9.29. The summed E-state index contributed by atoms with van der Waals surface area (Å²) < 4.78 is 10.8. The Morgan fingerprint density at radius 2 is 2.27 bits per heavy atom. The van der Waals surface area contributed by atoms with Crippen molar-refractivity contribution in [3.63, 3.8) is 0 Å². The van der Waals surface area contributed by atoms with E-state index in [-0.39, 0.29) is 12.0 Å². The number of nitrogens with one attached hydrogen (secondary N) is 2. The average molecular weight is 435 g/mol. The van der Waals surface area contributed by atoms with Crippen molar-refractivity contribution in [3.8, 4) is 5.75 Å². The minimum atomic E-state index is 0.258. The second-order valence-electron chi connectivity index (χ2n) is 7.60. The molecule has 2 heterocycles. The highest BCUT2D eigenvalue weighted by molar-refractivity contribution is 6.30. The summed E-state index contributed by atoms with van der Waals surface area (Å²) >= 11 is 6.20. The summed E-state index contributed by atoms with van der Waals surface area (Å²) in [5.74, 6) is 3.25. The molecule has 3 rings (SSSR count). The van der Waals surface area contributed by atoms with E-state index in [9.17, 15) is 0 Å². The molecule has 30 heavy (non-hydrogen) atoms. The molecule has 1 fully saturated rings. The fraction of sp³-hybridized carbons (Fsp3) is 0.571. The first-order valence-electron chi connectivity index (χ1n) is 10.5. The zero-order chi connectivity index (χ0) is 21.5. The number of aliphatic imine (C=N–C) groups is 1. The van der Waals surface area contributed by atoms with Crippen LogP contribution in [0, 0.1) is 0 Å². The fourth-order valence-electron chi connectivity index (χ4n) is 3.39. The van der Waals surface area contributed by atoms with Crippen LogP contribution in [0.1, 0.15) is 44.8 Å². The summed E-state index contributed by atoms with van der Waals surface area (Å²) in [6.07, 6.45) is 1.62. The van der Waals surface area contributed by atoms with Gasteiger partial charge in [0.2, 0.25) is 5.89 Å². The molecule has 164 valence electrons. The standard InChI is InChI=1S/C21H31ClN6O2/c1-5-23-21(24-10-8-19-26-20(14(2)3)27-30-19)25-16-9-11-28(13-16)17-12-15(22)6-7-18(17)29-4/h6-7,12,14,16H,5,8-11,13H2,1-4H3,(H2,23,24,25). The number of guanidine groups is 1. The van der Waals surface area contributed by atoms with Crippen molar-refractivity contribution in [1.29, 1.82) is 0 Å². The molecular formula is C21H31ClN6O2. The fourth-order valence-corrected chi connectivity index (χ4v) is 3.55. The molecule has 1 aromatic heterocycles. The number of anilines is 1. The number of aromatic nitrogens is 2. The normalized spacial score (nSPS) is 16.9. The molecule has 8 nitrogen and oxygen atoms in total. The predicted octanol–water partition coefficient (Wildman–Crippen LogP) is 3.23. The highest BCUT2D eigenvalue weighted by atomic mass is 35.5. The summed E-state index contributed by atoms with van der Waals surface area (Å²) in [4.78, 5) is 11.4. The Hall–Kier alpha value is -2.48. The molecule has 1 unspecified atom stereocenters. The maximum absolute atomic E-state index is 6.20. The van der Waals surface area contributed by atoms with E-state index in [4.69, 9.17) is 20.9 Å². The topological polar surface area (TPSA) is 87.8 Å². The minimum absolute atomic E-state index is 0.258. The molecule has 0 saturated carbocycles. The SMILES string of the molecule is CCNC(=NCCc1nc(C(C)C)no1)NC1CCN(c2cc(Cl)ccc2OC)C1. The lowest BCUT2D eigenvalue weighted by molar-refractivity contribution is 0.372. The van der Waals surface area contributed by atoms with E-state index < -0.39 is 0 Å². The number of hydrogen-bond donors (Lipinski definition) is 2. The van der Waals surface area contributed by atoms with Gasteiger partial charge in [-0.2, -0.15) is 4.98 Å². The molecule has 2 N–H and O–H groups in total. The lowest BCUT2D eigenvalue weighted by Gasteiger charge is -2.22. The minimum Gasteiger partial charge on any atom is -0.495 e. The van der Waals surface area contributed by atoms with E-state index in [1.807, 2.05) is 32.0 Å². The largest absolute Gasteiger partial charge is 0.495 e. The van der Waals surface area contributed by atoms with E-state index in [1.165, 1.54) is 0 Å². The van der Waals surface area contributed by atoms with Crippen molar-refractivity contribution >= 4 is 23.2 Å². The first-order valence-corrected chi connectivity index (χ1v) is 10.8. The zero-order valence-electron chi connectivity index (χ0n) is 18.1. The van der Waals surface area contributed by atoms with Gasteiger partial charge >= 0.3 is 0 Å². The monoisotopic (exact) mass is 434 g/mol. The van der Waals surface area contributed by atoms with Gasteiger partial charge in [0.25, 0.3) is 0 Å². The van der Waals surface area contributed by atoms with E-state index in [2.05, 4.69) is 37.6 Å². The Labute approximate surface area is 183 Å². The third-order valence-corrected chi connectivity index (χ3v) is 5.19. The van der Waals surface area contributed by atoms with Gasteiger partial charge in [-0.05, 0) is 31.5 Å². The molecular weight excluding hydrogens is 404 g/mol. The van der Waals surface area contributed by atoms with Gasteiger partial charge in [-0.25, -0.2) is 0 Å². The number of halogens is 1. The second-order valence-corrected chi connectivity index (χ2v) is 8.04. The van der Waals surface area contributed by atoms with E-state index in [0.29, 0.717) is 23.9 Å². The maximum Gasteiger partial charge on any atom is 0.228 e. The maximum atomic E-state index is 6.20. The Kier molecular flexibility index (Phi) is 7.79. The van der Waals surface area contributed by atoms with Crippen LogP contribution < -0.4 is 20.3 Å². The number of nitrogens with zero attached hydrogens (tertiary/aromatic N) is 4. The first kappa shape index (κ1) is 22.2. The van der Waals surface area contributed by atoms with E-state index in [1.54, 1.807) is 7.11 Å². The Morgan fingerprint density at radius 1 is 1.43 bits per heavy atom. The smallest absolute Gasteiger partial charge is 0.228 e. The Morgan fingerprint density at radius 3 is 2.97 bits per heavy atom. The van der Waals surface area contributed by atoms with Crippen molar-refractivity contribution in [1.82, 2.24) is 20.8 Å². The van der Waals surface area contributed by atoms with Crippen LogP contribution in [-0.2, 0) is 6.42 Å². The number of benzene rings is 1. The highest BCUT2D eigenvalue weighted by Crippen LogP contribution is 2.33. The van der Waals surface area contributed by atoms with Gasteiger partial charge in [-0.3, -0.25) is 4.99 Å². The van der Waals surface area contributed by atoms with Gasteiger partial charge in [0.15, 0.2) is 11.8 Å². The third-order valence-electron chi connectivity index (χ3n) is 4.95. The molecule has 1 aliphatic rings. The molecule has 0 bridgehead atoms. The van der Waals surface area contributed by atoms with Gasteiger partial charge in [-0.15, -0.1) is 0 Å². The summed E-state index contributed by atoms with van der Waals surface area (Å²) in [7, 11) is 1.68. The van der Waals surface area contributed by atoms with Crippen LogP contribution in [0.15, 0.2) is 27.7 Å². The van der Waals surface area contributed by atoms with Crippen LogP contribution in [0.2, 0.25) is 5.02 Å². The van der Waals surface area contributed by atoms with Crippen LogP contribution >= 0.6 is 11.6 Å². The van der Waals surface area contributed by atoms with Gasteiger partial charge in [0.1, 0.15) is 5.75 Å². The van der Waals surface area contributed by atoms with Crippen molar-refractivity contribution in [3.05, 3.63) is 34.9 Å². The van der Waals surface area contributed by atoms with Crippen LogP contribution in [-0.4, -0.2) is 55.4 Å². The molecule has 1 aliphatic heterocycles. The number of methoxy groups -OCH3 is 1. The van der Waals surface area contributed by atoms with Gasteiger partial charge in [0, 0.05) is 43.0 Å². The summed E-state index contributed by atoms with van der Waals surface area (Å²) in [5, 5.41) is 11.6. The molecule has 2 aromatic rings. The molecule has 0 radical (unpaired) electrons. The van der Waals surface area contributed by atoms with Crippen LogP contribution in [0.25, 0.3) is 0 Å². The van der Waals surface area contributed by atoms with Gasteiger partial charge in [0.05, 0.1) is 19.3 Å². The Balaban J connectivity index is 1.57. The van der Waals surface area contributed by atoms with Gasteiger partial charge < -0.3 is 24.8 Å². The zero-order valence-corrected chi connectivity index (χ0v) is 18.9. The average Bonchev–Trinajstić information content (AvgIpc) is 3.38. The number of ether oxygens (including phenoxy) is 1.